The highest BCUT2D eigenvalue weighted by Crippen LogP contribution is 2.14. The molecule has 0 bridgehead atoms. The molecular weight excluding hydrogens is 324 g/mol. The Labute approximate surface area is 147 Å². The lowest BCUT2D eigenvalue weighted by atomic mass is 10.1. The van der Waals surface area contributed by atoms with Crippen LogP contribution in [0.5, 0.6) is 5.75 Å². The van der Waals surface area contributed by atoms with E-state index in [9.17, 15) is 13.9 Å². The number of aliphatic hydroxyl groups excluding tert-OH is 1. The summed E-state index contributed by atoms with van der Waals surface area (Å²) in [7, 11) is 0. The number of benzene rings is 2. The maximum atomic E-state index is 13.9. The van der Waals surface area contributed by atoms with Crippen LogP contribution in [0.3, 0.4) is 0 Å². The standard InChI is InChI=1S/C20H25F2NO2/c1-15(2)11-23(12-16-8-9-17(21)10-20(16)22)13-18(24)14-25-19-6-4-3-5-7-19/h3-10,15,18,24H,11-14H2,1-2H3/t18-/m1/s1. The van der Waals surface area contributed by atoms with Crippen LogP contribution in [0.25, 0.3) is 0 Å². The van der Waals surface area contributed by atoms with Crippen molar-refractivity contribution in [3.63, 3.8) is 0 Å². The van der Waals surface area contributed by atoms with E-state index in [0.717, 1.165) is 6.07 Å². The Balaban J connectivity index is 1.94. The van der Waals surface area contributed by atoms with Crippen molar-refractivity contribution in [2.75, 3.05) is 19.7 Å². The molecule has 25 heavy (non-hydrogen) atoms. The molecule has 2 rings (SSSR count). The third-order valence-electron chi connectivity index (χ3n) is 3.69. The number of para-hydroxylation sites is 1. The fourth-order valence-electron chi connectivity index (χ4n) is 2.67. The van der Waals surface area contributed by atoms with Crippen molar-refractivity contribution in [1.82, 2.24) is 4.90 Å². The van der Waals surface area contributed by atoms with Crippen LogP contribution in [0.1, 0.15) is 19.4 Å². The van der Waals surface area contributed by atoms with E-state index < -0.39 is 17.7 Å². The lowest BCUT2D eigenvalue weighted by Crippen LogP contribution is -2.37. The third kappa shape index (κ3) is 6.80. The van der Waals surface area contributed by atoms with Gasteiger partial charge in [0.05, 0.1) is 0 Å². The van der Waals surface area contributed by atoms with Crippen molar-refractivity contribution in [1.29, 1.82) is 0 Å². The first kappa shape index (κ1) is 19.3. The van der Waals surface area contributed by atoms with E-state index >= 15 is 0 Å². The number of nitrogens with zero attached hydrogens (tertiary/aromatic N) is 1. The summed E-state index contributed by atoms with van der Waals surface area (Å²) in [4.78, 5) is 1.96. The van der Waals surface area contributed by atoms with Crippen LogP contribution in [-0.2, 0) is 6.54 Å². The monoisotopic (exact) mass is 349 g/mol. The molecule has 1 N–H and O–H groups in total. The van der Waals surface area contributed by atoms with Gasteiger partial charge in [-0.2, -0.15) is 0 Å². The van der Waals surface area contributed by atoms with Gasteiger partial charge < -0.3 is 9.84 Å². The molecule has 136 valence electrons. The van der Waals surface area contributed by atoms with Gasteiger partial charge in [-0.1, -0.05) is 38.1 Å². The Morgan fingerprint density at radius 2 is 1.76 bits per heavy atom. The predicted molar refractivity (Wildman–Crippen MR) is 94.4 cm³/mol. The topological polar surface area (TPSA) is 32.7 Å². The first-order chi connectivity index (χ1) is 11.9. The lowest BCUT2D eigenvalue weighted by molar-refractivity contribution is 0.0611. The summed E-state index contributed by atoms with van der Waals surface area (Å²) in [6.07, 6.45) is -0.706. The van der Waals surface area contributed by atoms with E-state index in [1.807, 2.05) is 35.2 Å². The van der Waals surface area contributed by atoms with Crippen molar-refractivity contribution in [2.24, 2.45) is 5.92 Å². The number of aliphatic hydroxyl groups is 1. The van der Waals surface area contributed by atoms with Crippen LogP contribution in [-0.4, -0.2) is 35.8 Å². The Hall–Kier alpha value is -1.98. The Bertz CT molecular complexity index is 649. The van der Waals surface area contributed by atoms with Crippen molar-refractivity contribution in [3.05, 3.63) is 65.7 Å². The molecule has 2 aromatic rings. The van der Waals surface area contributed by atoms with Gasteiger partial charge in [0.1, 0.15) is 30.1 Å². The summed E-state index contributed by atoms with van der Waals surface area (Å²) < 4.78 is 32.5. The number of rotatable bonds is 9. The molecule has 0 aliphatic carbocycles. The Kier molecular flexibility index (Phi) is 7.34. The van der Waals surface area contributed by atoms with E-state index in [1.165, 1.54) is 12.1 Å². The van der Waals surface area contributed by atoms with Gasteiger partial charge in [0.25, 0.3) is 0 Å². The molecule has 3 nitrogen and oxygen atoms in total. The number of halogens is 2. The number of hydrogen-bond donors (Lipinski definition) is 1. The van der Waals surface area contributed by atoms with E-state index in [4.69, 9.17) is 4.74 Å². The van der Waals surface area contributed by atoms with Gasteiger partial charge in [0, 0.05) is 31.3 Å². The molecule has 2 aromatic carbocycles. The molecule has 0 amide bonds. The predicted octanol–water partition coefficient (Wildman–Crippen LogP) is 3.86. The Morgan fingerprint density at radius 3 is 2.40 bits per heavy atom. The largest absolute Gasteiger partial charge is 0.491 e. The van der Waals surface area contributed by atoms with Gasteiger partial charge in [-0.3, -0.25) is 4.90 Å². The average molecular weight is 349 g/mol. The van der Waals surface area contributed by atoms with Crippen molar-refractivity contribution in [2.45, 2.75) is 26.5 Å². The summed E-state index contributed by atoms with van der Waals surface area (Å²) in [6.45, 7) is 5.62. The summed E-state index contributed by atoms with van der Waals surface area (Å²) in [5.74, 6) is -0.107. The molecule has 0 fully saturated rings. The summed E-state index contributed by atoms with van der Waals surface area (Å²) in [5, 5.41) is 10.3. The fourth-order valence-corrected chi connectivity index (χ4v) is 2.67. The molecule has 0 heterocycles. The van der Waals surface area contributed by atoms with E-state index in [2.05, 4.69) is 13.8 Å². The van der Waals surface area contributed by atoms with Gasteiger partial charge in [-0.15, -0.1) is 0 Å². The first-order valence-corrected chi connectivity index (χ1v) is 8.46. The highest BCUT2D eigenvalue weighted by Gasteiger charge is 2.16. The molecule has 0 spiro atoms. The van der Waals surface area contributed by atoms with Gasteiger partial charge in [0.15, 0.2) is 0 Å². The molecule has 0 aliphatic heterocycles. The lowest BCUT2D eigenvalue weighted by Gasteiger charge is -2.27. The van der Waals surface area contributed by atoms with Crippen LogP contribution in [0, 0.1) is 17.6 Å². The molecule has 0 aliphatic rings. The van der Waals surface area contributed by atoms with E-state index in [1.54, 1.807) is 0 Å². The second-order valence-corrected chi connectivity index (χ2v) is 6.60. The zero-order valence-corrected chi connectivity index (χ0v) is 14.7. The van der Waals surface area contributed by atoms with Crippen molar-refractivity contribution >= 4 is 0 Å². The van der Waals surface area contributed by atoms with Crippen LogP contribution in [0.4, 0.5) is 8.78 Å². The molecule has 0 unspecified atom stereocenters. The minimum atomic E-state index is -0.706. The third-order valence-corrected chi connectivity index (χ3v) is 3.69. The van der Waals surface area contributed by atoms with Gasteiger partial charge in [-0.25, -0.2) is 8.78 Å². The minimum Gasteiger partial charge on any atom is -0.491 e. The summed E-state index contributed by atoms with van der Waals surface area (Å²) in [5.41, 5.74) is 0.415. The normalized spacial score (nSPS) is 12.6. The molecule has 5 heteroatoms. The minimum absolute atomic E-state index is 0.157. The molecule has 0 saturated carbocycles. The van der Waals surface area contributed by atoms with Crippen molar-refractivity contribution < 1.29 is 18.6 Å². The maximum absolute atomic E-state index is 13.9. The average Bonchev–Trinajstić information content (AvgIpc) is 2.56. The molecule has 0 radical (unpaired) electrons. The number of ether oxygens (including phenoxy) is 1. The highest BCUT2D eigenvalue weighted by atomic mass is 19.1. The maximum Gasteiger partial charge on any atom is 0.130 e. The second kappa shape index (κ2) is 9.49. The van der Waals surface area contributed by atoms with Crippen molar-refractivity contribution in [3.8, 4) is 5.75 Å². The highest BCUT2D eigenvalue weighted by molar-refractivity contribution is 5.21. The summed E-state index contributed by atoms with van der Waals surface area (Å²) in [6, 6.07) is 12.9. The molecular formula is C20H25F2NO2. The molecule has 0 aromatic heterocycles. The Morgan fingerprint density at radius 1 is 1.04 bits per heavy atom. The van der Waals surface area contributed by atoms with Gasteiger partial charge in [0.2, 0.25) is 0 Å². The van der Waals surface area contributed by atoms with Crippen LogP contribution in [0.15, 0.2) is 48.5 Å². The first-order valence-electron chi connectivity index (χ1n) is 8.46. The van der Waals surface area contributed by atoms with Gasteiger partial charge >= 0.3 is 0 Å². The molecule has 0 saturated heterocycles. The van der Waals surface area contributed by atoms with E-state index in [0.29, 0.717) is 36.9 Å². The molecule has 1 atom stereocenters. The second-order valence-electron chi connectivity index (χ2n) is 6.60. The smallest absolute Gasteiger partial charge is 0.130 e. The van der Waals surface area contributed by atoms with Crippen LogP contribution >= 0.6 is 0 Å². The zero-order valence-electron chi connectivity index (χ0n) is 14.7. The van der Waals surface area contributed by atoms with Crippen LogP contribution in [0.2, 0.25) is 0 Å². The van der Waals surface area contributed by atoms with E-state index in [-0.39, 0.29) is 6.61 Å². The number of hydrogen-bond acceptors (Lipinski definition) is 3. The van der Waals surface area contributed by atoms with Crippen LogP contribution < -0.4 is 4.74 Å². The van der Waals surface area contributed by atoms with Gasteiger partial charge in [-0.05, 0) is 24.1 Å². The quantitative estimate of drug-likeness (QED) is 0.746. The zero-order chi connectivity index (χ0) is 18.2. The summed E-state index contributed by atoms with van der Waals surface area (Å²) >= 11 is 0. The fraction of sp³-hybridized carbons (Fsp3) is 0.400. The SMILES string of the molecule is CC(C)CN(Cc1ccc(F)cc1F)C[C@@H](O)COc1ccccc1.